The maximum atomic E-state index is 13.1. The van der Waals surface area contributed by atoms with Crippen molar-refractivity contribution in [2.24, 2.45) is 0 Å². The molecule has 104 valence electrons. The van der Waals surface area contributed by atoms with Crippen molar-refractivity contribution >= 4 is 21.6 Å². The molecule has 0 spiro atoms. The van der Waals surface area contributed by atoms with Crippen LogP contribution in [0.2, 0.25) is 0 Å². The molecule has 0 saturated heterocycles. The largest absolute Gasteiger partial charge is 0.508 e. The van der Waals surface area contributed by atoms with E-state index in [0.29, 0.717) is 5.75 Å². The van der Waals surface area contributed by atoms with Gasteiger partial charge in [0.15, 0.2) is 0 Å². The normalized spacial score (nSPS) is 17.6. The van der Waals surface area contributed by atoms with Gasteiger partial charge in [0.1, 0.15) is 11.6 Å². The molecule has 0 heterocycles. The molecule has 0 aromatic heterocycles. The lowest BCUT2D eigenvalue weighted by Crippen LogP contribution is -2.17. The zero-order valence-electron chi connectivity index (χ0n) is 10.9. The Bertz CT molecular complexity index is 644. The van der Waals surface area contributed by atoms with Gasteiger partial charge in [-0.2, -0.15) is 0 Å². The van der Waals surface area contributed by atoms with Crippen LogP contribution >= 0.6 is 15.9 Å². The molecular formula is C16H15BrFNO. The molecule has 2 aromatic carbocycles. The van der Waals surface area contributed by atoms with E-state index in [2.05, 4.69) is 21.2 Å². The van der Waals surface area contributed by atoms with Crippen molar-refractivity contribution in [1.29, 1.82) is 0 Å². The van der Waals surface area contributed by atoms with Gasteiger partial charge >= 0.3 is 0 Å². The summed E-state index contributed by atoms with van der Waals surface area (Å²) in [6.07, 6.45) is 3.10. The summed E-state index contributed by atoms with van der Waals surface area (Å²) in [7, 11) is 0. The molecule has 0 fully saturated rings. The Kier molecular flexibility index (Phi) is 3.66. The molecule has 1 aliphatic carbocycles. The zero-order valence-corrected chi connectivity index (χ0v) is 12.5. The van der Waals surface area contributed by atoms with Crippen molar-refractivity contribution in [2.45, 2.75) is 25.3 Å². The minimum absolute atomic E-state index is 0.195. The van der Waals surface area contributed by atoms with Gasteiger partial charge in [0.2, 0.25) is 0 Å². The summed E-state index contributed by atoms with van der Waals surface area (Å²) < 4.78 is 13.8. The lowest BCUT2D eigenvalue weighted by molar-refractivity contribution is 0.472. The first-order chi connectivity index (χ1) is 9.63. The molecule has 1 unspecified atom stereocenters. The van der Waals surface area contributed by atoms with Gasteiger partial charge in [-0.05, 0) is 76.7 Å². The van der Waals surface area contributed by atoms with Gasteiger partial charge < -0.3 is 10.4 Å². The quantitative estimate of drug-likeness (QED) is 0.827. The highest BCUT2D eigenvalue weighted by molar-refractivity contribution is 9.10. The number of fused-ring (bicyclic) bond motifs is 1. The van der Waals surface area contributed by atoms with Crippen LogP contribution in [0.25, 0.3) is 0 Å². The number of phenolic OH excluding ortho intramolecular Hbond substituents is 1. The Morgan fingerprint density at radius 2 is 2.05 bits per heavy atom. The SMILES string of the molecule is Oc1ccc2c(c1)CCCC2Nc1ccc(F)cc1Br. The summed E-state index contributed by atoms with van der Waals surface area (Å²) in [6, 6.07) is 10.4. The third kappa shape index (κ3) is 2.66. The molecule has 0 bridgehead atoms. The number of nitrogens with one attached hydrogen (secondary N) is 1. The fraction of sp³-hybridized carbons (Fsp3) is 0.250. The topological polar surface area (TPSA) is 32.3 Å². The summed E-state index contributed by atoms with van der Waals surface area (Å²) in [5.74, 6) is 0.0590. The van der Waals surface area contributed by atoms with Crippen LogP contribution < -0.4 is 5.32 Å². The van der Waals surface area contributed by atoms with E-state index in [9.17, 15) is 9.50 Å². The molecule has 2 N–H and O–H groups in total. The van der Waals surface area contributed by atoms with Gasteiger partial charge in [-0.15, -0.1) is 0 Å². The van der Waals surface area contributed by atoms with Crippen molar-refractivity contribution in [3.8, 4) is 5.75 Å². The Morgan fingerprint density at radius 1 is 1.20 bits per heavy atom. The zero-order chi connectivity index (χ0) is 14.1. The van der Waals surface area contributed by atoms with E-state index in [1.54, 1.807) is 12.1 Å². The smallest absolute Gasteiger partial charge is 0.124 e. The van der Waals surface area contributed by atoms with Gasteiger partial charge in [0.05, 0.1) is 6.04 Å². The minimum Gasteiger partial charge on any atom is -0.508 e. The maximum Gasteiger partial charge on any atom is 0.124 e. The van der Waals surface area contributed by atoms with Gasteiger partial charge in [-0.3, -0.25) is 0 Å². The fourth-order valence-electron chi connectivity index (χ4n) is 2.74. The summed E-state index contributed by atoms with van der Waals surface area (Å²) in [6.45, 7) is 0. The van der Waals surface area contributed by atoms with E-state index >= 15 is 0 Å². The highest BCUT2D eigenvalue weighted by Gasteiger charge is 2.21. The summed E-state index contributed by atoms with van der Waals surface area (Å²) >= 11 is 3.38. The molecule has 0 aliphatic heterocycles. The Morgan fingerprint density at radius 3 is 2.85 bits per heavy atom. The number of benzene rings is 2. The standard InChI is InChI=1S/C16H15BrFNO/c17-14-9-11(18)4-7-16(14)19-15-3-1-2-10-8-12(20)5-6-13(10)15/h4-9,15,19-20H,1-3H2. The van der Waals surface area contributed by atoms with Crippen molar-refractivity contribution in [3.05, 3.63) is 57.8 Å². The lowest BCUT2D eigenvalue weighted by Gasteiger charge is -2.27. The van der Waals surface area contributed by atoms with Gasteiger partial charge in [0.25, 0.3) is 0 Å². The number of halogens is 2. The molecular weight excluding hydrogens is 321 g/mol. The molecule has 2 nitrogen and oxygen atoms in total. The summed E-state index contributed by atoms with van der Waals surface area (Å²) in [5, 5.41) is 13.0. The third-order valence-corrected chi connectivity index (χ3v) is 4.36. The van der Waals surface area contributed by atoms with E-state index in [4.69, 9.17) is 0 Å². The molecule has 1 atom stereocenters. The molecule has 3 rings (SSSR count). The second-order valence-corrected chi connectivity index (χ2v) is 5.95. The first kappa shape index (κ1) is 13.4. The molecule has 20 heavy (non-hydrogen) atoms. The van der Waals surface area contributed by atoms with Crippen molar-refractivity contribution < 1.29 is 9.50 Å². The van der Waals surface area contributed by atoms with Crippen LogP contribution in [0.3, 0.4) is 0 Å². The summed E-state index contributed by atoms with van der Waals surface area (Å²) in [4.78, 5) is 0. The molecule has 0 radical (unpaired) electrons. The second-order valence-electron chi connectivity index (χ2n) is 5.10. The average molecular weight is 336 g/mol. The second kappa shape index (κ2) is 5.44. The van der Waals surface area contributed by atoms with E-state index < -0.39 is 0 Å². The predicted molar refractivity (Wildman–Crippen MR) is 81.5 cm³/mol. The molecule has 1 aliphatic rings. The monoisotopic (exact) mass is 335 g/mol. The van der Waals surface area contributed by atoms with Crippen LogP contribution in [0.5, 0.6) is 5.75 Å². The summed E-state index contributed by atoms with van der Waals surface area (Å²) in [5.41, 5.74) is 3.29. The number of anilines is 1. The predicted octanol–water partition coefficient (Wildman–Crippen LogP) is 4.78. The molecule has 4 heteroatoms. The van der Waals surface area contributed by atoms with Crippen LogP contribution in [0.15, 0.2) is 40.9 Å². The van der Waals surface area contributed by atoms with Crippen molar-refractivity contribution in [1.82, 2.24) is 0 Å². The van der Waals surface area contributed by atoms with Crippen LogP contribution in [0.1, 0.15) is 30.0 Å². The van der Waals surface area contributed by atoms with E-state index in [1.807, 2.05) is 12.1 Å². The molecule has 0 amide bonds. The fourth-order valence-corrected chi connectivity index (χ4v) is 3.21. The first-order valence-electron chi connectivity index (χ1n) is 6.67. The van der Waals surface area contributed by atoms with Gasteiger partial charge in [-0.1, -0.05) is 6.07 Å². The lowest BCUT2D eigenvalue weighted by atomic mass is 9.87. The maximum absolute atomic E-state index is 13.1. The number of aryl methyl sites for hydroxylation is 1. The highest BCUT2D eigenvalue weighted by atomic mass is 79.9. The van der Waals surface area contributed by atoms with E-state index in [-0.39, 0.29) is 11.9 Å². The average Bonchev–Trinajstić information content (AvgIpc) is 2.41. The number of aromatic hydroxyl groups is 1. The van der Waals surface area contributed by atoms with Gasteiger partial charge in [-0.25, -0.2) is 4.39 Å². The minimum atomic E-state index is -0.253. The van der Waals surface area contributed by atoms with Crippen LogP contribution in [0.4, 0.5) is 10.1 Å². The Labute approximate surface area is 125 Å². The van der Waals surface area contributed by atoms with Crippen molar-refractivity contribution in [2.75, 3.05) is 5.32 Å². The molecule has 2 aromatic rings. The number of rotatable bonds is 2. The third-order valence-electron chi connectivity index (χ3n) is 3.70. The van der Waals surface area contributed by atoms with Gasteiger partial charge in [0, 0.05) is 10.2 Å². The Hall–Kier alpha value is -1.55. The first-order valence-corrected chi connectivity index (χ1v) is 7.46. The highest BCUT2D eigenvalue weighted by Crippen LogP contribution is 2.36. The number of phenols is 1. The van der Waals surface area contributed by atoms with E-state index in [1.165, 1.54) is 23.3 Å². The van der Waals surface area contributed by atoms with Crippen LogP contribution in [-0.2, 0) is 6.42 Å². The van der Waals surface area contributed by atoms with Crippen LogP contribution in [0, 0.1) is 5.82 Å². The van der Waals surface area contributed by atoms with Crippen LogP contribution in [-0.4, -0.2) is 5.11 Å². The molecule has 0 saturated carbocycles. The van der Waals surface area contributed by atoms with Crippen molar-refractivity contribution in [3.63, 3.8) is 0 Å². The number of hydrogen-bond donors (Lipinski definition) is 2. The number of hydrogen-bond acceptors (Lipinski definition) is 2. The Balaban J connectivity index is 1.89. The van der Waals surface area contributed by atoms with E-state index in [0.717, 1.165) is 29.4 Å².